The average Bonchev–Trinajstić information content (AvgIpc) is 2.77. The number of nitrogens with zero attached hydrogens (tertiary/aromatic N) is 2. The van der Waals surface area contributed by atoms with Crippen LogP contribution in [0.4, 0.5) is 5.95 Å². The maximum Gasteiger partial charge on any atom is 0.337 e. The monoisotopic (exact) mass is 246 g/mol. The van der Waals surface area contributed by atoms with Crippen LogP contribution in [0.5, 0.6) is 6.01 Å². The minimum atomic E-state index is -0.238. The lowest BCUT2D eigenvalue weighted by molar-refractivity contribution is 0.102. The maximum absolute atomic E-state index is 11.9. The molecule has 1 heterocycles. The molecule has 1 aromatic heterocycles. The highest BCUT2D eigenvalue weighted by molar-refractivity contribution is 6.03. The third-order valence-electron chi connectivity index (χ3n) is 2.25. The van der Waals surface area contributed by atoms with Crippen molar-refractivity contribution in [2.24, 2.45) is 0 Å². The fourth-order valence-electron chi connectivity index (χ4n) is 1.46. The second-order valence-electron chi connectivity index (χ2n) is 3.72. The molecule has 1 aromatic carbocycles. The molecule has 6 nitrogen and oxygen atoms in total. The molecule has 6 heteroatoms. The van der Waals surface area contributed by atoms with E-state index in [0.717, 1.165) is 5.56 Å². The molecule has 0 atom stereocenters. The van der Waals surface area contributed by atoms with E-state index in [4.69, 9.17) is 4.74 Å². The van der Waals surface area contributed by atoms with E-state index in [9.17, 15) is 4.79 Å². The Morgan fingerprint density at radius 3 is 3.06 bits per heavy atom. The zero-order valence-corrected chi connectivity index (χ0v) is 10.2. The van der Waals surface area contributed by atoms with Crippen molar-refractivity contribution in [3.63, 3.8) is 0 Å². The van der Waals surface area contributed by atoms with E-state index >= 15 is 0 Å². The summed E-state index contributed by atoms with van der Waals surface area (Å²) in [5, 5.41) is 9.00. The summed E-state index contributed by atoms with van der Waals surface area (Å²) >= 11 is 0. The lowest BCUT2D eigenvalue weighted by atomic mass is 10.1. The molecule has 1 amide bonds. The van der Waals surface area contributed by atoms with Crippen molar-refractivity contribution in [3.05, 3.63) is 35.4 Å². The summed E-state index contributed by atoms with van der Waals surface area (Å²) in [7, 11) is 0. The van der Waals surface area contributed by atoms with Crippen molar-refractivity contribution in [2.45, 2.75) is 13.8 Å². The van der Waals surface area contributed by atoms with Crippen LogP contribution in [-0.4, -0.2) is 27.7 Å². The van der Waals surface area contributed by atoms with Gasteiger partial charge in [0.15, 0.2) is 0 Å². The summed E-state index contributed by atoms with van der Waals surface area (Å²) in [6, 6.07) is 7.52. The normalized spacial score (nSPS) is 10.1. The molecule has 0 fully saturated rings. The number of benzene rings is 1. The molecule has 0 radical (unpaired) electrons. The summed E-state index contributed by atoms with van der Waals surface area (Å²) < 4.78 is 5.09. The standard InChI is InChI=1S/C12H14N4O2/c1-3-18-12-14-11(15-16-12)13-10(17)9-6-4-5-8(2)7-9/h4-7H,3H2,1-2H3,(H2,13,14,15,16,17). The van der Waals surface area contributed by atoms with Gasteiger partial charge >= 0.3 is 6.01 Å². The van der Waals surface area contributed by atoms with Gasteiger partial charge in [0.2, 0.25) is 5.95 Å². The van der Waals surface area contributed by atoms with Gasteiger partial charge in [-0.2, -0.15) is 4.98 Å². The van der Waals surface area contributed by atoms with E-state index in [-0.39, 0.29) is 17.9 Å². The number of hydrogen-bond acceptors (Lipinski definition) is 4. The number of anilines is 1. The summed E-state index contributed by atoms with van der Waals surface area (Å²) in [6.07, 6.45) is 0. The molecule has 0 unspecified atom stereocenters. The van der Waals surface area contributed by atoms with Crippen molar-refractivity contribution < 1.29 is 9.53 Å². The predicted octanol–water partition coefficient (Wildman–Crippen LogP) is 1.76. The molecule has 94 valence electrons. The number of carbonyl (C=O) groups is 1. The van der Waals surface area contributed by atoms with Gasteiger partial charge in [0, 0.05) is 5.56 Å². The van der Waals surface area contributed by atoms with E-state index in [1.54, 1.807) is 12.1 Å². The van der Waals surface area contributed by atoms with E-state index in [2.05, 4.69) is 20.5 Å². The molecule has 0 aliphatic carbocycles. The van der Waals surface area contributed by atoms with E-state index in [0.29, 0.717) is 12.2 Å². The highest BCUT2D eigenvalue weighted by Gasteiger charge is 2.09. The average molecular weight is 246 g/mol. The Kier molecular flexibility index (Phi) is 3.57. The quantitative estimate of drug-likeness (QED) is 0.861. The molecule has 0 saturated carbocycles. The van der Waals surface area contributed by atoms with Crippen LogP contribution in [-0.2, 0) is 0 Å². The Morgan fingerprint density at radius 2 is 2.33 bits per heavy atom. The van der Waals surface area contributed by atoms with Gasteiger partial charge in [-0.25, -0.2) is 5.10 Å². The van der Waals surface area contributed by atoms with Gasteiger partial charge in [-0.05, 0) is 26.0 Å². The van der Waals surface area contributed by atoms with Crippen molar-refractivity contribution in [2.75, 3.05) is 11.9 Å². The number of H-pyrrole nitrogens is 1. The highest BCUT2D eigenvalue weighted by Crippen LogP contribution is 2.09. The largest absolute Gasteiger partial charge is 0.463 e. The smallest absolute Gasteiger partial charge is 0.337 e. The number of nitrogens with one attached hydrogen (secondary N) is 2. The summed E-state index contributed by atoms with van der Waals surface area (Å²) in [4.78, 5) is 15.9. The second-order valence-corrected chi connectivity index (χ2v) is 3.72. The third kappa shape index (κ3) is 2.85. The first-order valence-electron chi connectivity index (χ1n) is 5.62. The van der Waals surface area contributed by atoms with Gasteiger partial charge in [0.1, 0.15) is 0 Å². The Balaban J connectivity index is 2.06. The Morgan fingerprint density at radius 1 is 1.50 bits per heavy atom. The van der Waals surface area contributed by atoms with Crippen LogP contribution in [0.2, 0.25) is 0 Å². The lowest BCUT2D eigenvalue weighted by Crippen LogP contribution is -2.13. The molecule has 2 aromatic rings. The molecule has 18 heavy (non-hydrogen) atoms. The zero-order valence-electron chi connectivity index (χ0n) is 10.2. The van der Waals surface area contributed by atoms with E-state index in [1.807, 2.05) is 26.0 Å². The SMILES string of the molecule is CCOc1n[nH]c(NC(=O)c2cccc(C)c2)n1. The van der Waals surface area contributed by atoms with Crippen LogP contribution < -0.4 is 10.1 Å². The number of aromatic amines is 1. The molecule has 0 aliphatic rings. The van der Waals surface area contributed by atoms with Crippen LogP contribution in [0.3, 0.4) is 0 Å². The second kappa shape index (κ2) is 5.31. The Labute approximate surface area is 104 Å². The lowest BCUT2D eigenvalue weighted by Gasteiger charge is -2.01. The van der Waals surface area contributed by atoms with Crippen molar-refractivity contribution >= 4 is 11.9 Å². The molecule has 0 aliphatic heterocycles. The molecule has 2 rings (SSSR count). The fourth-order valence-corrected chi connectivity index (χ4v) is 1.46. The number of ether oxygens (including phenoxy) is 1. The van der Waals surface area contributed by atoms with Crippen molar-refractivity contribution in [3.8, 4) is 6.01 Å². The number of aryl methyl sites for hydroxylation is 1. The first kappa shape index (κ1) is 12.1. The van der Waals surface area contributed by atoms with E-state index in [1.165, 1.54) is 0 Å². The summed E-state index contributed by atoms with van der Waals surface area (Å²) in [5.41, 5.74) is 1.60. The van der Waals surface area contributed by atoms with Gasteiger partial charge in [-0.15, -0.1) is 5.10 Å². The first-order valence-corrected chi connectivity index (χ1v) is 5.62. The van der Waals surface area contributed by atoms with Crippen LogP contribution in [0.25, 0.3) is 0 Å². The number of hydrogen-bond donors (Lipinski definition) is 2. The minimum absolute atomic E-state index is 0.219. The number of aromatic nitrogens is 3. The number of carbonyl (C=O) groups excluding carboxylic acids is 1. The van der Waals surface area contributed by atoms with Gasteiger partial charge in [-0.3, -0.25) is 10.1 Å². The Hall–Kier alpha value is -2.37. The van der Waals surface area contributed by atoms with Crippen LogP contribution in [0, 0.1) is 6.92 Å². The molecule has 0 saturated heterocycles. The van der Waals surface area contributed by atoms with Crippen LogP contribution >= 0.6 is 0 Å². The zero-order chi connectivity index (χ0) is 13.0. The minimum Gasteiger partial charge on any atom is -0.463 e. The van der Waals surface area contributed by atoms with Gasteiger partial charge in [0.05, 0.1) is 6.61 Å². The topological polar surface area (TPSA) is 79.9 Å². The molecule has 2 N–H and O–H groups in total. The predicted molar refractivity (Wildman–Crippen MR) is 66.7 cm³/mol. The maximum atomic E-state index is 11.9. The molecular weight excluding hydrogens is 232 g/mol. The van der Waals surface area contributed by atoms with Crippen molar-refractivity contribution in [1.29, 1.82) is 0 Å². The number of rotatable bonds is 4. The van der Waals surface area contributed by atoms with Gasteiger partial charge < -0.3 is 4.74 Å². The highest BCUT2D eigenvalue weighted by atomic mass is 16.5. The third-order valence-corrected chi connectivity index (χ3v) is 2.25. The van der Waals surface area contributed by atoms with Crippen molar-refractivity contribution in [1.82, 2.24) is 15.2 Å². The first-order chi connectivity index (χ1) is 8.69. The summed E-state index contributed by atoms with van der Waals surface area (Å²) in [5.74, 6) is 0.0304. The molecular formula is C12H14N4O2. The van der Waals surface area contributed by atoms with Crippen LogP contribution in [0.15, 0.2) is 24.3 Å². The fraction of sp³-hybridized carbons (Fsp3) is 0.250. The van der Waals surface area contributed by atoms with Crippen LogP contribution in [0.1, 0.15) is 22.8 Å². The van der Waals surface area contributed by atoms with E-state index < -0.39 is 0 Å². The van der Waals surface area contributed by atoms with Gasteiger partial charge in [0.25, 0.3) is 5.91 Å². The molecule has 0 bridgehead atoms. The molecule has 0 spiro atoms. The number of amides is 1. The Bertz CT molecular complexity index is 551. The summed E-state index contributed by atoms with van der Waals surface area (Å²) in [6.45, 7) is 4.24. The van der Waals surface area contributed by atoms with Gasteiger partial charge in [-0.1, -0.05) is 17.7 Å².